The molecule has 1 amide bonds. The van der Waals surface area contributed by atoms with Gasteiger partial charge in [0.25, 0.3) is 0 Å². The fourth-order valence-corrected chi connectivity index (χ4v) is 3.26. The van der Waals surface area contributed by atoms with Gasteiger partial charge in [0.1, 0.15) is 12.4 Å². The molecule has 5 nitrogen and oxygen atoms in total. The molecule has 0 saturated carbocycles. The molecular formula is C25H21BrN2O3. The number of hydrogen-bond acceptors (Lipinski definition) is 4. The topological polar surface area (TPSA) is 64.4 Å². The van der Waals surface area contributed by atoms with E-state index in [0.29, 0.717) is 24.7 Å². The average molecular weight is 477 g/mol. The molecule has 1 heterocycles. The molecule has 0 bridgehead atoms. The molecule has 1 aromatic heterocycles. The molecule has 6 heteroatoms. The number of nitrogens with one attached hydrogen (secondary N) is 1. The molecule has 0 unspecified atom stereocenters. The summed E-state index contributed by atoms with van der Waals surface area (Å²) in [5.74, 6) is 1.88. The second kappa shape index (κ2) is 10.1. The number of aryl methyl sites for hydroxylation is 1. The van der Waals surface area contributed by atoms with E-state index in [0.717, 1.165) is 27.0 Å². The molecule has 0 aliphatic carbocycles. The van der Waals surface area contributed by atoms with E-state index in [1.807, 2.05) is 78.9 Å². The van der Waals surface area contributed by atoms with Crippen LogP contribution in [-0.2, 0) is 17.8 Å². The Hall–Kier alpha value is -3.38. The van der Waals surface area contributed by atoms with Gasteiger partial charge in [0.05, 0.1) is 6.20 Å². The molecule has 0 fully saturated rings. The maximum absolute atomic E-state index is 12.3. The van der Waals surface area contributed by atoms with Crippen LogP contribution in [0.1, 0.15) is 17.9 Å². The van der Waals surface area contributed by atoms with Crippen molar-refractivity contribution in [3.63, 3.8) is 0 Å². The van der Waals surface area contributed by atoms with E-state index in [9.17, 15) is 4.79 Å². The molecule has 0 saturated heterocycles. The van der Waals surface area contributed by atoms with Gasteiger partial charge in [-0.05, 0) is 42.0 Å². The summed E-state index contributed by atoms with van der Waals surface area (Å²) in [6.07, 6.45) is 2.40. The third-order valence-corrected chi connectivity index (χ3v) is 5.16. The van der Waals surface area contributed by atoms with Gasteiger partial charge in [-0.1, -0.05) is 58.4 Å². The van der Waals surface area contributed by atoms with Crippen molar-refractivity contribution in [1.82, 2.24) is 4.98 Å². The van der Waals surface area contributed by atoms with Crippen LogP contribution in [0.15, 0.2) is 93.9 Å². The first-order valence-electron chi connectivity index (χ1n) is 9.93. The average Bonchev–Trinajstić information content (AvgIpc) is 3.28. The van der Waals surface area contributed by atoms with Crippen molar-refractivity contribution in [3.8, 4) is 17.1 Å². The van der Waals surface area contributed by atoms with Gasteiger partial charge in [0.15, 0.2) is 11.7 Å². The first kappa shape index (κ1) is 20.9. The molecule has 0 aliphatic rings. The summed E-state index contributed by atoms with van der Waals surface area (Å²) in [4.78, 5) is 16.6. The molecule has 0 spiro atoms. The summed E-state index contributed by atoms with van der Waals surface area (Å²) in [7, 11) is 0. The van der Waals surface area contributed by atoms with Gasteiger partial charge in [-0.25, -0.2) is 4.98 Å². The van der Waals surface area contributed by atoms with Gasteiger partial charge >= 0.3 is 0 Å². The van der Waals surface area contributed by atoms with Crippen LogP contribution in [0, 0.1) is 0 Å². The summed E-state index contributed by atoms with van der Waals surface area (Å²) in [6.45, 7) is 0.505. The lowest BCUT2D eigenvalue weighted by atomic mass is 10.2. The van der Waals surface area contributed by atoms with Crippen LogP contribution >= 0.6 is 15.9 Å². The number of halogens is 1. The summed E-state index contributed by atoms with van der Waals surface area (Å²) in [5, 5.41) is 2.89. The molecule has 156 valence electrons. The lowest BCUT2D eigenvalue weighted by molar-refractivity contribution is -0.116. The highest BCUT2D eigenvalue weighted by atomic mass is 79.9. The molecule has 1 N–H and O–H groups in total. The quantitative estimate of drug-likeness (QED) is 0.326. The molecule has 4 rings (SSSR count). The van der Waals surface area contributed by atoms with Gasteiger partial charge in [-0.3, -0.25) is 4.79 Å². The van der Waals surface area contributed by atoms with Crippen molar-refractivity contribution in [3.05, 3.63) is 101 Å². The van der Waals surface area contributed by atoms with Gasteiger partial charge < -0.3 is 14.5 Å². The normalized spacial score (nSPS) is 10.6. The number of hydrogen-bond donors (Lipinski definition) is 1. The largest absolute Gasteiger partial charge is 0.489 e. The number of oxazole rings is 1. The molecule has 0 atom stereocenters. The number of anilines is 1. The Labute approximate surface area is 189 Å². The van der Waals surface area contributed by atoms with E-state index in [-0.39, 0.29) is 12.3 Å². The molecule has 0 radical (unpaired) electrons. The Morgan fingerprint density at radius 3 is 2.45 bits per heavy atom. The monoisotopic (exact) mass is 476 g/mol. The van der Waals surface area contributed by atoms with Crippen LogP contribution in [0.25, 0.3) is 11.3 Å². The van der Waals surface area contributed by atoms with Crippen molar-refractivity contribution in [2.45, 2.75) is 19.4 Å². The van der Waals surface area contributed by atoms with Crippen LogP contribution < -0.4 is 10.1 Å². The highest BCUT2D eigenvalue weighted by Crippen LogP contribution is 2.23. The number of carbonyl (C=O) groups excluding carboxylic acids is 1. The smallest absolute Gasteiger partial charge is 0.224 e. The Morgan fingerprint density at radius 1 is 0.968 bits per heavy atom. The van der Waals surface area contributed by atoms with E-state index < -0.39 is 0 Å². The second-order valence-electron chi connectivity index (χ2n) is 6.97. The van der Waals surface area contributed by atoms with Crippen LogP contribution in [0.4, 0.5) is 5.69 Å². The van der Waals surface area contributed by atoms with Gasteiger partial charge in [0, 0.05) is 28.6 Å². The maximum atomic E-state index is 12.3. The molecule has 4 aromatic rings. The Morgan fingerprint density at radius 2 is 1.71 bits per heavy atom. The number of benzene rings is 3. The number of amides is 1. The highest BCUT2D eigenvalue weighted by molar-refractivity contribution is 9.10. The lowest BCUT2D eigenvalue weighted by Gasteiger charge is -2.08. The van der Waals surface area contributed by atoms with Crippen LogP contribution in [-0.4, -0.2) is 10.9 Å². The Bertz CT molecular complexity index is 1120. The third kappa shape index (κ3) is 6.06. The predicted molar refractivity (Wildman–Crippen MR) is 124 cm³/mol. The summed E-state index contributed by atoms with van der Waals surface area (Å²) in [6, 6.07) is 25.1. The van der Waals surface area contributed by atoms with E-state index in [4.69, 9.17) is 9.15 Å². The summed E-state index contributed by atoms with van der Waals surface area (Å²) in [5.41, 5.74) is 2.77. The summed E-state index contributed by atoms with van der Waals surface area (Å²) >= 11 is 3.41. The SMILES string of the molecule is O=C(CCc1ncc(-c2ccc(Br)cc2)o1)Nc1ccc(OCc2ccccc2)cc1. The van der Waals surface area contributed by atoms with Crippen LogP contribution in [0.3, 0.4) is 0 Å². The molecular weight excluding hydrogens is 456 g/mol. The fraction of sp³-hybridized carbons (Fsp3) is 0.120. The van der Waals surface area contributed by atoms with Crippen LogP contribution in [0.2, 0.25) is 0 Å². The van der Waals surface area contributed by atoms with Gasteiger partial charge in [0.2, 0.25) is 5.91 Å². The van der Waals surface area contributed by atoms with Crippen molar-refractivity contribution >= 4 is 27.5 Å². The zero-order chi connectivity index (χ0) is 21.5. The lowest BCUT2D eigenvalue weighted by Crippen LogP contribution is -2.12. The van der Waals surface area contributed by atoms with E-state index >= 15 is 0 Å². The van der Waals surface area contributed by atoms with Crippen molar-refractivity contribution in [1.29, 1.82) is 0 Å². The third-order valence-electron chi connectivity index (χ3n) is 4.63. The minimum atomic E-state index is -0.0960. The van der Waals surface area contributed by atoms with Crippen molar-refractivity contribution < 1.29 is 13.9 Å². The predicted octanol–water partition coefficient (Wildman–Crippen LogP) is 6.25. The highest BCUT2D eigenvalue weighted by Gasteiger charge is 2.09. The van der Waals surface area contributed by atoms with E-state index in [1.54, 1.807) is 6.20 Å². The van der Waals surface area contributed by atoms with Gasteiger partial charge in [-0.15, -0.1) is 0 Å². The first-order chi connectivity index (χ1) is 15.2. The molecule has 0 aliphatic heterocycles. The fourth-order valence-electron chi connectivity index (χ4n) is 2.99. The summed E-state index contributed by atoms with van der Waals surface area (Å²) < 4.78 is 12.5. The van der Waals surface area contributed by atoms with Gasteiger partial charge in [-0.2, -0.15) is 0 Å². The second-order valence-corrected chi connectivity index (χ2v) is 7.89. The molecule has 31 heavy (non-hydrogen) atoms. The minimum Gasteiger partial charge on any atom is -0.489 e. The number of rotatable bonds is 8. The van der Waals surface area contributed by atoms with E-state index in [2.05, 4.69) is 26.2 Å². The van der Waals surface area contributed by atoms with E-state index in [1.165, 1.54) is 0 Å². The Kier molecular flexibility index (Phi) is 6.79. The standard InChI is InChI=1S/C25H21BrN2O3/c26-20-8-6-19(7-9-20)23-16-27-25(31-23)15-14-24(29)28-21-10-12-22(13-11-21)30-17-18-4-2-1-3-5-18/h1-13,16H,14-15,17H2,(H,28,29). The van der Waals surface area contributed by atoms with Crippen LogP contribution in [0.5, 0.6) is 5.75 Å². The number of aromatic nitrogens is 1. The Balaban J connectivity index is 1.25. The zero-order valence-corrected chi connectivity index (χ0v) is 18.3. The first-order valence-corrected chi connectivity index (χ1v) is 10.7. The minimum absolute atomic E-state index is 0.0960. The zero-order valence-electron chi connectivity index (χ0n) is 16.8. The number of nitrogens with zero attached hydrogens (tertiary/aromatic N) is 1. The van der Waals surface area contributed by atoms with Crippen molar-refractivity contribution in [2.75, 3.05) is 5.32 Å². The molecule has 3 aromatic carbocycles. The van der Waals surface area contributed by atoms with Crippen molar-refractivity contribution in [2.24, 2.45) is 0 Å². The number of carbonyl (C=O) groups is 1. The number of ether oxygens (including phenoxy) is 1. The maximum Gasteiger partial charge on any atom is 0.224 e.